The Morgan fingerprint density at radius 2 is 1.66 bits per heavy atom. The van der Waals surface area contributed by atoms with Crippen LogP contribution >= 0.6 is 0 Å². The van der Waals surface area contributed by atoms with Crippen LogP contribution in [-0.4, -0.2) is 26.0 Å². The van der Waals surface area contributed by atoms with Gasteiger partial charge in [-0.05, 0) is 48.4 Å². The molecule has 0 radical (unpaired) electrons. The molecule has 0 aliphatic heterocycles. The molecule has 1 aromatic heterocycles. The summed E-state index contributed by atoms with van der Waals surface area (Å²) in [6.45, 7) is 0.0884. The third-order valence-electron chi connectivity index (χ3n) is 4.46. The lowest BCUT2D eigenvalue weighted by Crippen LogP contribution is -2.39. The van der Waals surface area contributed by atoms with Crippen LogP contribution in [0.4, 0.5) is 29.5 Å². The first kappa shape index (κ1) is 23.2. The molecule has 0 aliphatic carbocycles. The van der Waals surface area contributed by atoms with Crippen molar-refractivity contribution in [1.29, 1.82) is 0 Å². The zero-order valence-corrected chi connectivity index (χ0v) is 17.4. The molecule has 7 nitrogen and oxygen atoms in total. The SMILES string of the molecule is NS(=O)(=O)c1ccc(CCNC(=O)N(c2ccccc2)c2ncccc2C(F)(F)F)cc1. The molecule has 0 bridgehead atoms. The molecule has 11 heteroatoms. The number of carbonyl (C=O) groups is 1. The fourth-order valence-corrected chi connectivity index (χ4v) is 3.46. The molecule has 1 heterocycles. The number of benzene rings is 2. The van der Waals surface area contributed by atoms with Crippen molar-refractivity contribution in [2.75, 3.05) is 11.4 Å². The Hall–Kier alpha value is -3.44. The van der Waals surface area contributed by atoms with Gasteiger partial charge in [-0.15, -0.1) is 0 Å². The Morgan fingerprint density at radius 1 is 1.00 bits per heavy atom. The van der Waals surface area contributed by atoms with Gasteiger partial charge in [0.15, 0.2) is 5.82 Å². The second-order valence-electron chi connectivity index (χ2n) is 6.71. The zero-order chi connectivity index (χ0) is 23.4. The summed E-state index contributed by atoms with van der Waals surface area (Å²) in [4.78, 5) is 17.6. The van der Waals surface area contributed by atoms with Crippen molar-refractivity contribution in [3.63, 3.8) is 0 Å². The molecule has 0 spiro atoms. The molecule has 0 aliphatic rings. The summed E-state index contributed by atoms with van der Waals surface area (Å²) in [5, 5.41) is 7.65. The summed E-state index contributed by atoms with van der Waals surface area (Å²) < 4.78 is 63.2. The molecule has 168 valence electrons. The second-order valence-corrected chi connectivity index (χ2v) is 8.28. The van der Waals surface area contributed by atoms with E-state index in [1.54, 1.807) is 30.3 Å². The van der Waals surface area contributed by atoms with Crippen molar-refractivity contribution in [2.45, 2.75) is 17.5 Å². The molecule has 3 rings (SSSR count). The molecular formula is C21H19F3N4O3S. The van der Waals surface area contributed by atoms with E-state index in [2.05, 4.69) is 10.3 Å². The van der Waals surface area contributed by atoms with Crippen LogP contribution in [-0.2, 0) is 22.6 Å². The number of para-hydroxylation sites is 1. The first-order valence-electron chi connectivity index (χ1n) is 9.34. The molecule has 2 aromatic carbocycles. The van der Waals surface area contributed by atoms with Crippen LogP contribution in [0.3, 0.4) is 0 Å². The van der Waals surface area contributed by atoms with E-state index in [9.17, 15) is 26.4 Å². The molecule has 3 N–H and O–H groups in total. The highest BCUT2D eigenvalue weighted by atomic mass is 32.2. The van der Waals surface area contributed by atoms with Gasteiger partial charge in [0, 0.05) is 12.7 Å². The van der Waals surface area contributed by atoms with E-state index in [0.717, 1.165) is 17.0 Å². The van der Waals surface area contributed by atoms with E-state index in [-0.39, 0.29) is 17.1 Å². The number of amides is 2. The highest BCUT2D eigenvalue weighted by molar-refractivity contribution is 7.89. The Bertz CT molecular complexity index is 1180. The molecular weight excluding hydrogens is 445 g/mol. The summed E-state index contributed by atoms with van der Waals surface area (Å²) in [7, 11) is -3.82. The van der Waals surface area contributed by atoms with Crippen LogP contribution in [0, 0.1) is 0 Å². The molecule has 3 aromatic rings. The number of primary sulfonamides is 1. The van der Waals surface area contributed by atoms with Gasteiger partial charge in [0.2, 0.25) is 10.0 Å². The summed E-state index contributed by atoms with van der Waals surface area (Å²) >= 11 is 0. The van der Waals surface area contributed by atoms with Crippen molar-refractivity contribution in [3.8, 4) is 0 Å². The topological polar surface area (TPSA) is 105 Å². The number of hydrogen-bond donors (Lipinski definition) is 2. The van der Waals surface area contributed by atoms with Gasteiger partial charge in [-0.1, -0.05) is 30.3 Å². The lowest BCUT2D eigenvalue weighted by atomic mass is 10.1. The zero-order valence-electron chi connectivity index (χ0n) is 16.6. The smallest absolute Gasteiger partial charge is 0.337 e. The van der Waals surface area contributed by atoms with Gasteiger partial charge in [0.25, 0.3) is 0 Å². The fourth-order valence-electron chi connectivity index (χ4n) is 2.95. The molecule has 0 saturated heterocycles. The van der Waals surface area contributed by atoms with Crippen LogP contribution in [0.25, 0.3) is 0 Å². The quantitative estimate of drug-likeness (QED) is 0.578. The average Bonchev–Trinajstić information content (AvgIpc) is 2.74. The normalized spacial score (nSPS) is 11.8. The molecule has 32 heavy (non-hydrogen) atoms. The maximum absolute atomic E-state index is 13.5. The van der Waals surface area contributed by atoms with Crippen LogP contribution in [0.1, 0.15) is 11.1 Å². The van der Waals surface area contributed by atoms with Crippen LogP contribution < -0.4 is 15.4 Å². The third-order valence-corrected chi connectivity index (χ3v) is 5.39. The number of alkyl halides is 3. The number of pyridine rings is 1. The number of urea groups is 1. The minimum absolute atomic E-state index is 0.0460. The van der Waals surface area contributed by atoms with E-state index < -0.39 is 33.6 Å². The minimum Gasteiger partial charge on any atom is -0.337 e. The molecule has 0 saturated carbocycles. The molecule has 0 fully saturated rings. The molecule has 2 amide bonds. The summed E-state index contributed by atoms with van der Waals surface area (Å²) in [6.07, 6.45) is -3.21. The Labute approximate surface area is 182 Å². The number of halogens is 3. The number of carbonyl (C=O) groups excluding carboxylic acids is 1. The van der Waals surface area contributed by atoms with E-state index in [4.69, 9.17) is 5.14 Å². The van der Waals surface area contributed by atoms with Gasteiger partial charge in [0.05, 0.1) is 16.1 Å². The number of hydrogen-bond acceptors (Lipinski definition) is 4. The van der Waals surface area contributed by atoms with Crippen molar-refractivity contribution in [1.82, 2.24) is 10.3 Å². The number of nitrogens with zero attached hydrogens (tertiary/aromatic N) is 2. The van der Waals surface area contributed by atoms with Gasteiger partial charge in [0.1, 0.15) is 0 Å². The standard InChI is InChI=1S/C21H19F3N4O3S/c22-21(23,24)18-7-4-13-26-19(18)28(16-5-2-1-3-6-16)20(29)27-14-12-15-8-10-17(11-9-15)32(25,30)31/h1-11,13H,12,14H2,(H,27,29)(H2,25,30,31). The largest absolute Gasteiger partial charge is 0.419 e. The van der Waals surface area contributed by atoms with Gasteiger partial charge in [-0.3, -0.25) is 0 Å². The van der Waals surface area contributed by atoms with E-state index in [1.165, 1.54) is 30.5 Å². The number of nitrogens with one attached hydrogen (secondary N) is 1. The van der Waals surface area contributed by atoms with Crippen molar-refractivity contribution >= 4 is 27.6 Å². The number of nitrogens with two attached hydrogens (primary N) is 1. The first-order chi connectivity index (χ1) is 15.1. The lowest BCUT2D eigenvalue weighted by molar-refractivity contribution is -0.137. The number of anilines is 2. The van der Waals surface area contributed by atoms with Gasteiger partial charge in [-0.2, -0.15) is 13.2 Å². The lowest BCUT2D eigenvalue weighted by Gasteiger charge is -2.25. The Morgan fingerprint density at radius 3 is 2.25 bits per heavy atom. The van der Waals surface area contributed by atoms with E-state index in [0.29, 0.717) is 12.0 Å². The van der Waals surface area contributed by atoms with Crippen LogP contribution in [0.2, 0.25) is 0 Å². The van der Waals surface area contributed by atoms with E-state index >= 15 is 0 Å². The van der Waals surface area contributed by atoms with Crippen LogP contribution in [0.15, 0.2) is 77.8 Å². The highest BCUT2D eigenvalue weighted by Gasteiger charge is 2.37. The Kier molecular flexibility index (Phi) is 6.80. The molecule has 0 unspecified atom stereocenters. The Balaban J connectivity index is 1.81. The predicted molar refractivity (Wildman–Crippen MR) is 113 cm³/mol. The van der Waals surface area contributed by atoms with Gasteiger partial charge < -0.3 is 5.32 Å². The number of aromatic nitrogens is 1. The maximum Gasteiger partial charge on any atom is 0.419 e. The monoisotopic (exact) mass is 464 g/mol. The average molecular weight is 464 g/mol. The van der Waals surface area contributed by atoms with Crippen molar-refractivity contribution < 1.29 is 26.4 Å². The van der Waals surface area contributed by atoms with Gasteiger partial charge >= 0.3 is 12.2 Å². The van der Waals surface area contributed by atoms with Gasteiger partial charge in [-0.25, -0.2) is 28.2 Å². The minimum atomic E-state index is -4.71. The van der Waals surface area contributed by atoms with Crippen LogP contribution in [0.5, 0.6) is 0 Å². The summed E-state index contributed by atoms with van der Waals surface area (Å²) in [5.41, 5.74) is -0.123. The molecule has 0 atom stereocenters. The van der Waals surface area contributed by atoms with Crippen molar-refractivity contribution in [2.24, 2.45) is 5.14 Å². The number of sulfonamides is 1. The fraction of sp³-hybridized carbons (Fsp3) is 0.143. The highest BCUT2D eigenvalue weighted by Crippen LogP contribution is 2.37. The predicted octanol–water partition coefficient (Wildman–Crippen LogP) is 3.84. The first-order valence-corrected chi connectivity index (χ1v) is 10.9. The third kappa shape index (κ3) is 5.62. The second kappa shape index (κ2) is 9.37. The summed E-state index contributed by atoms with van der Waals surface area (Å²) in [5.74, 6) is -0.541. The van der Waals surface area contributed by atoms with E-state index in [1.807, 2.05) is 0 Å². The number of rotatable bonds is 6. The van der Waals surface area contributed by atoms with Crippen molar-refractivity contribution in [3.05, 3.63) is 84.1 Å². The summed E-state index contributed by atoms with van der Waals surface area (Å²) in [6, 6.07) is 14.9. The maximum atomic E-state index is 13.5.